The fourth-order valence-corrected chi connectivity index (χ4v) is 4.51. The van der Waals surface area contributed by atoms with Gasteiger partial charge in [-0.1, -0.05) is 48.5 Å². The lowest BCUT2D eigenvalue weighted by molar-refractivity contribution is -0.142. The van der Waals surface area contributed by atoms with Crippen molar-refractivity contribution in [3.63, 3.8) is 0 Å². The van der Waals surface area contributed by atoms with Gasteiger partial charge in [-0.15, -0.1) is 0 Å². The number of thiol groups is 1. The van der Waals surface area contributed by atoms with Crippen molar-refractivity contribution in [3.05, 3.63) is 71.9 Å². The molecule has 0 saturated carbocycles. The van der Waals surface area contributed by atoms with Crippen LogP contribution in [0, 0.1) is 0 Å². The largest absolute Gasteiger partial charge is 0.480 e. The molecule has 4 unspecified atom stereocenters. The molecule has 4 atom stereocenters. The number of nitrogens with one attached hydrogen (secondary N) is 4. The fourth-order valence-electron chi connectivity index (χ4n) is 4.25. The lowest BCUT2D eigenvalue weighted by Gasteiger charge is -2.24. The second-order valence-corrected chi connectivity index (χ2v) is 9.93. The quantitative estimate of drug-likeness (QED) is 0.115. The number of H-pyrrole nitrogens is 1. The average molecular weight is 583 g/mol. The zero-order valence-corrected chi connectivity index (χ0v) is 23.1. The van der Waals surface area contributed by atoms with Crippen LogP contribution in [0.1, 0.15) is 24.0 Å². The molecule has 1 heterocycles. The van der Waals surface area contributed by atoms with Crippen LogP contribution >= 0.6 is 12.6 Å². The highest BCUT2D eigenvalue weighted by atomic mass is 32.1. The number of hydrogen-bond donors (Lipinski definition) is 8. The predicted molar refractivity (Wildman–Crippen MR) is 156 cm³/mol. The van der Waals surface area contributed by atoms with Crippen molar-refractivity contribution in [1.82, 2.24) is 20.9 Å². The summed E-state index contributed by atoms with van der Waals surface area (Å²) in [5, 5.41) is 17.9. The van der Waals surface area contributed by atoms with Gasteiger partial charge in [-0.25, -0.2) is 4.79 Å². The molecule has 2 aromatic carbocycles. The van der Waals surface area contributed by atoms with Crippen molar-refractivity contribution < 1.29 is 29.1 Å². The lowest BCUT2D eigenvalue weighted by Crippen LogP contribution is -2.58. The van der Waals surface area contributed by atoms with Crippen molar-refractivity contribution in [1.29, 1.82) is 0 Å². The molecule has 3 rings (SSSR count). The van der Waals surface area contributed by atoms with Gasteiger partial charge in [-0.2, -0.15) is 12.6 Å². The monoisotopic (exact) mass is 582 g/mol. The molecule has 4 amide bonds. The van der Waals surface area contributed by atoms with E-state index >= 15 is 0 Å². The lowest BCUT2D eigenvalue weighted by atomic mass is 10.0. The summed E-state index contributed by atoms with van der Waals surface area (Å²) in [7, 11) is 0. The van der Waals surface area contributed by atoms with Gasteiger partial charge < -0.3 is 37.5 Å². The van der Waals surface area contributed by atoms with Gasteiger partial charge in [0.25, 0.3) is 0 Å². The van der Waals surface area contributed by atoms with E-state index in [2.05, 4.69) is 33.6 Å². The minimum atomic E-state index is -1.41. The summed E-state index contributed by atoms with van der Waals surface area (Å²) < 4.78 is 0. The number of rotatable bonds is 15. The van der Waals surface area contributed by atoms with Crippen molar-refractivity contribution in [2.24, 2.45) is 11.5 Å². The van der Waals surface area contributed by atoms with Crippen LogP contribution < -0.4 is 27.4 Å². The third-order valence-corrected chi connectivity index (χ3v) is 6.84. The van der Waals surface area contributed by atoms with E-state index in [4.69, 9.17) is 11.5 Å². The minimum absolute atomic E-state index is 0.00447. The molecule has 41 heavy (non-hydrogen) atoms. The van der Waals surface area contributed by atoms with Gasteiger partial charge in [0.1, 0.15) is 18.1 Å². The summed E-state index contributed by atoms with van der Waals surface area (Å²) in [6, 6.07) is 11.8. The number of fused-ring (bicyclic) bond motifs is 1. The molecule has 9 N–H and O–H groups in total. The summed E-state index contributed by atoms with van der Waals surface area (Å²) in [5.41, 5.74) is 13.5. The van der Waals surface area contributed by atoms with E-state index in [9.17, 15) is 29.1 Å². The number of hydrogen-bond acceptors (Lipinski definition) is 7. The fraction of sp³-hybridized carbons (Fsp3) is 0.321. The van der Waals surface area contributed by atoms with Crippen molar-refractivity contribution >= 4 is 53.1 Å². The number of amides is 4. The maximum Gasteiger partial charge on any atom is 0.326 e. The van der Waals surface area contributed by atoms with Gasteiger partial charge in [0.15, 0.2) is 0 Å². The Hall–Kier alpha value is -4.36. The summed E-state index contributed by atoms with van der Waals surface area (Å²) in [6.45, 7) is 0. The number of carbonyl (C=O) groups is 5. The molecule has 0 aliphatic heterocycles. The maximum absolute atomic E-state index is 13.3. The second kappa shape index (κ2) is 14.9. The molecule has 0 bridgehead atoms. The maximum atomic E-state index is 13.3. The minimum Gasteiger partial charge on any atom is -0.480 e. The smallest absolute Gasteiger partial charge is 0.326 e. The topological polar surface area (TPSA) is 209 Å². The van der Waals surface area contributed by atoms with Gasteiger partial charge in [0.05, 0.1) is 6.04 Å². The SMILES string of the molecule is NC(=O)CCC(NC(=O)C(Cc1c[nH]c2ccccc12)NC(=O)C(CS)NC(=O)C(N)Cc1ccccc1)C(=O)O. The van der Waals surface area contributed by atoms with Gasteiger partial charge in [-0.3, -0.25) is 19.2 Å². The molecular weight excluding hydrogens is 548 g/mol. The molecule has 0 radical (unpaired) electrons. The van der Waals surface area contributed by atoms with Gasteiger partial charge in [0.2, 0.25) is 23.6 Å². The van der Waals surface area contributed by atoms with Gasteiger partial charge in [-0.05, 0) is 30.0 Å². The highest BCUT2D eigenvalue weighted by molar-refractivity contribution is 7.80. The average Bonchev–Trinajstić information content (AvgIpc) is 3.36. The molecule has 0 aliphatic carbocycles. The molecule has 13 heteroatoms. The summed E-state index contributed by atoms with van der Waals surface area (Å²) >= 11 is 4.19. The highest BCUT2D eigenvalue weighted by Crippen LogP contribution is 2.19. The summed E-state index contributed by atoms with van der Waals surface area (Å²) in [4.78, 5) is 65.3. The molecule has 0 saturated heterocycles. The molecular formula is C28H34N6O6S. The third-order valence-electron chi connectivity index (χ3n) is 6.48. The molecule has 0 spiro atoms. The van der Waals surface area contributed by atoms with E-state index in [0.717, 1.165) is 16.5 Å². The van der Waals surface area contributed by atoms with Crippen LogP contribution in [-0.2, 0) is 36.8 Å². The number of carboxylic acids is 1. The Morgan fingerprint density at radius 1 is 0.829 bits per heavy atom. The van der Waals surface area contributed by atoms with Crippen LogP contribution in [0.2, 0.25) is 0 Å². The number of aliphatic carboxylic acids is 1. The van der Waals surface area contributed by atoms with E-state index in [0.29, 0.717) is 5.56 Å². The molecule has 1 aromatic heterocycles. The first-order valence-electron chi connectivity index (χ1n) is 13.0. The summed E-state index contributed by atoms with van der Waals surface area (Å²) in [6.07, 6.45) is 1.47. The first kappa shape index (κ1) is 31.2. The van der Waals surface area contributed by atoms with Crippen LogP contribution in [0.4, 0.5) is 0 Å². The van der Waals surface area contributed by atoms with E-state index in [-0.39, 0.29) is 31.4 Å². The highest BCUT2D eigenvalue weighted by Gasteiger charge is 2.30. The standard InChI is InChI=1S/C28H34N6O6S/c29-19(12-16-6-2-1-3-7-16)25(36)34-23(15-41)27(38)33-22(13-17-14-31-20-9-5-4-8-18(17)20)26(37)32-21(28(39)40)10-11-24(30)35/h1-9,14,19,21-23,31,41H,10-13,15,29H2,(H2,30,35)(H,32,37)(H,33,38)(H,34,36)(H,39,40). The number of benzene rings is 2. The Morgan fingerprint density at radius 2 is 1.44 bits per heavy atom. The number of carboxylic acid groups (broad SMARTS) is 1. The Labute approximate surface area is 242 Å². The number of para-hydroxylation sites is 1. The van der Waals surface area contributed by atoms with Gasteiger partial charge >= 0.3 is 5.97 Å². The Morgan fingerprint density at radius 3 is 2.10 bits per heavy atom. The third kappa shape index (κ3) is 9.08. The zero-order valence-electron chi connectivity index (χ0n) is 22.2. The van der Waals surface area contributed by atoms with Crippen LogP contribution in [0.25, 0.3) is 10.9 Å². The van der Waals surface area contributed by atoms with E-state index in [1.165, 1.54) is 0 Å². The summed E-state index contributed by atoms with van der Waals surface area (Å²) in [5.74, 6) is -4.22. The molecule has 3 aromatic rings. The van der Waals surface area contributed by atoms with Crippen LogP contribution in [0.3, 0.4) is 0 Å². The number of primary amides is 1. The Balaban J connectivity index is 1.76. The first-order valence-corrected chi connectivity index (χ1v) is 13.6. The van der Waals surface area contributed by atoms with Crippen molar-refractivity contribution in [2.45, 2.75) is 49.9 Å². The first-order chi connectivity index (χ1) is 19.6. The second-order valence-electron chi connectivity index (χ2n) is 9.57. The Bertz CT molecular complexity index is 1380. The number of nitrogens with two attached hydrogens (primary N) is 2. The Kier molecular flexibility index (Phi) is 11.3. The number of aromatic nitrogens is 1. The zero-order chi connectivity index (χ0) is 29.9. The predicted octanol–water partition coefficient (Wildman–Crippen LogP) is 0.0147. The van der Waals surface area contributed by atoms with Crippen LogP contribution in [-0.4, -0.2) is 69.6 Å². The van der Waals surface area contributed by atoms with E-state index in [1.807, 2.05) is 54.6 Å². The van der Waals surface area contributed by atoms with Gasteiger partial charge in [0, 0.05) is 35.7 Å². The number of carbonyl (C=O) groups excluding carboxylic acids is 4. The van der Waals surface area contributed by atoms with Crippen LogP contribution in [0.15, 0.2) is 60.8 Å². The van der Waals surface area contributed by atoms with Crippen LogP contribution in [0.5, 0.6) is 0 Å². The van der Waals surface area contributed by atoms with Crippen molar-refractivity contribution in [2.75, 3.05) is 5.75 Å². The van der Waals surface area contributed by atoms with Crippen molar-refractivity contribution in [3.8, 4) is 0 Å². The molecule has 12 nitrogen and oxygen atoms in total. The van der Waals surface area contributed by atoms with E-state index < -0.39 is 53.8 Å². The number of aromatic amines is 1. The normalized spacial score (nSPS) is 13.9. The molecule has 0 fully saturated rings. The molecule has 0 aliphatic rings. The van der Waals surface area contributed by atoms with E-state index in [1.54, 1.807) is 6.20 Å². The molecule has 218 valence electrons.